The first kappa shape index (κ1) is 12.2. The van der Waals surface area contributed by atoms with Crippen LogP contribution in [0.3, 0.4) is 0 Å². The highest BCUT2D eigenvalue weighted by molar-refractivity contribution is 5.16. The van der Waals surface area contributed by atoms with Crippen molar-refractivity contribution in [1.29, 1.82) is 0 Å². The zero-order chi connectivity index (χ0) is 11.3. The van der Waals surface area contributed by atoms with Gasteiger partial charge >= 0.3 is 0 Å². The van der Waals surface area contributed by atoms with E-state index in [1.807, 2.05) is 25.1 Å². The molecule has 2 nitrogen and oxygen atoms in total. The molecule has 0 fully saturated rings. The van der Waals surface area contributed by atoms with Gasteiger partial charge in [0.1, 0.15) is 0 Å². The Hall–Kier alpha value is -0.860. The van der Waals surface area contributed by atoms with Gasteiger partial charge in [-0.3, -0.25) is 0 Å². The monoisotopic (exact) mass is 208 g/mol. The minimum atomic E-state index is -0.585. The molecule has 1 rings (SSSR count). The van der Waals surface area contributed by atoms with Crippen molar-refractivity contribution in [1.82, 2.24) is 0 Å². The van der Waals surface area contributed by atoms with Crippen LogP contribution in [0, 0.1) is 0 Å². The van der Waals surface area contributed by atoms with E-state index in [1.165, 1.54) is 10.5 Å². The molecule has 0 aliphatic heterocycles. The largest absolute Gasteiger partial charge is 0.390 e. The van der Waals surface area contributed by atoms with Gasteiger partial charge in [-0.1, -0.05) is 30.3 Å². The molecule has 0 radical (unpaired) electrons. The summed E-state index contributed by atoms with van der Waals surface area (Å²) < 4.78 is 0. The molecule has 15 heavy (non-hydrogen) atoms. The highest BCUT2D eigenvalue weighted by Gasteiger charge is 2.21. The van der Waals surface area contributed by atoms with Crippen LogP contribution in [0.25, 0.3) is 0 Å². The number of hydrogen-bond acceptors (Lipinski definition) is 1. The Morgan fingerprint density at radius 3 is 2.33 bits per heavy atom. The first-order chi connectivity index (χ1) is 6.99. The zero-order valence-corrected chi connectivity index (χ0v) is 9.96. The van der Waals surface area contributed by atoms with Gasteiger partial charge in [-0.05, 0) is 12.5 Å². The number of benzene rings is 1. The fourth-order valence-corrected chi connectivity index (χ4v) is 1.64. The van der Waals surface area contributed by atoms with E-state index in [1.54, 1.807) is 0 Å². The van der Waals surface area contributed by atoms with Crippen LogP contribution in [-0.4, -0.2) is 31.3 Å². The highest BCUT2D eigenvalue weighted by atomic mass is 16.3. The fraction of sp³-hybridized carbons (Fsp3) is 0.538. The zero-order valence-electron chi connectivity index (χ0n) is 9.96. The minimum Gasteiger partial charge on any atom is -0.390 e. The van der Waals surface area contributed by atoms with Crippen LogP contribution in [0.4, 0.5) is 0 Å². The second-order valence-corrected chi connectivity index (χ2v) is 4.87. The SMILES string of the molecule is C[NH+](C)CC[C@@](C)(O)Cc1ccccc1. The van der Waals surface area contributed by atoms with Gasteiger partial charge in [-0.25, -0.2) is 0 Å². The van der Waals surface area contributed by atoms with E-state index in [0.717, 1.165) is 19.4 Å². The summed E-state index contributed by atoms with van der Waals surface area (Å²) in [5.74, 6) is 0. The first-order valence-corrected chi connectivity index (χ1v) is 5.55. The number of hydrogen-bond donors (Lipinski definition) is 2. The quantitative estimate of drug-likeness (QED) is 0.724. The summed E-state index contributed by atoms with van der Waals surface area (Å²) >= 11 is 0. The molecule has 2 N–H and O–H groups in total. The highest BCUT2D eigenvalue weighted by Crippen LogP contribution is 2.15. The molecule has 0 saturated heterocycles. The molecule has 0 amide bonds. The lowest BCUT2D eigenvalue weighted by Gasteiger charge is -2.23. The van der Waals surface area contributed by atoms with Crippen molar-refractivity contribution in [3.63, 3.8) is 0 Å². The Kier molecular flexibility index (Phi) is 4.30. The van der Waals surface area contributed by atoms with Gasteiger partial charge in [0, 0.05) is 12.8 Å². The topological polar surface area (TPSA) is 24.7 Å². The molecule has 0 aliphatic rings. The summed E-state index contributed by atoms with van der Waals surface area (Å²) in [4.78, 5) is 1.38. The van der Waals surface area contributed by atoms with E-state index < -0.39 is 5.60 Å². The summed E-state index contributed by atoms with van der Waals surface area (Å²) in [5.41, 5.74) is 0.620. The number of nitrogens with one attached hydrogen (secondary N) is 1. The normalized spacial score (nSPS) is 15.3. The third kappa shape index (κ3) is 4.96. The summed E-state index contributed by atoms with van der Waals surface area (Å²) in [6.45, 7) is 2.92. The van der Waals surface area contributed by atoms with Crippen molar-refractivity contribution >= 4 is 0 Å². The van der Waals surface area contributed by atoms with E-state index >= 15 is 0 Å². The second-order valence-electron chi connectivity index (χ2n) is 4.87. The van der Waals surface area contributed by atoms with Crippen molar-refractivity contribution in [3.05, 3.63) is 35.9 Å². The van der Waals surface area contributed by atoms with Gasteiger partial charge < -0.3 is 10.0 Å². The maximum Gasteiger partial charge on any atom is 0.0794 e. The molecule has 0 heterocycles. The van der Waals surface area contributed by atoms with Crippen LogP contribution >= 0.6 is 0 Å². The molecule has 0 bridgehead atoms. The standard InChI is InChI=1S/C13H21NO/c1-13(15,9-10-14(2)3)11-12-7-5-4-6-8-12/h4-8,15H,9-11H2,1-3H3/p+1/t13-/m1/s1. The van der Waals surface area contributed by atoms with E-state index in [4.69, 9.17) is 0 Å². The summed E-state index contributed by atoms with van der Waals surface area (Å²) in [6.07, 6.45) is 1.57. The first-order valence-electron chi connectivity index (χ1n) is 5.55. The van der Waals surface area contributed by atoms with Crippen LogP contribution in [0.5, 0.6) is 0 Å². The summed E-state index contributed by atoms with van der Waals surface area (Å²) in [5, 5.41) is 10.2. The van der Waals surface area contributed by atoms with E-state index in [0.29, 0.717) is 0 Å². The van der Waals surface area contributed by atoms with Crippen molar-refractivity contribution in [3.8, 4) is 0 Å². The number of rotatable bonds is 5. The fourth-order valence-electron chi connectivity index (χ4n) is 1.64. The Morgan fingerprint density at radius 2 is 1.80 bits per heavy atom. The van der Waals surface area contributed by atoms with Gasteiger partial charge in [-0.15, -0.1) is 0 Å². The van der Waals surface area contributed by atoms with Crippen LogP contribution in [-0.2, 0) is 6.42 Å². The second kappa shape index (κ2) is 5.29. The van der Waals surface area contributed by atoms with E-state index in [9.17, 15) is 5.11 Å². The molecule has 2 heteroatoms. The molecular formula is C13H22NO+. The van der Waals surface area contributed by atoms with Gasteiger partial charge in [0.15, 0.2) is 0 Å². The Balaban J connectivity index is 2.49. The van der Waals surface area contributed by atoms with Crippen molar-refractivity contribution in [2.45, 2.75) is 25.4 Å². The maximum atomic E-state index is 10.2. The van der Waals surface area contributed by atoms with E-state index in [2.05, 4.69) is 26.2 Å². The molecule has 84 valence electrons. The lowest BCUT2D eigenvalue weighted by molar-refractivity contribution is -0.859. The molecule has 1 atom stereocenters. The molecular weight excluding hydrogens is 186 g/mol. The lowest BCUT2D eigenvalue weighted by Crippen LogP contribution is -3.05. The van der Waals surface area contributed by atoms with Crippen molar-refractivity contribution < 1.29 is 10.0 Å². The average molecular weight is 208 g/mol. The number of aliphatic hydroxyl groups is 1. The third-order valence-electron chi connectivity index (χ3n) is 2.59. The minimum absolute atomic E-state index is 0.585. The molecule has 1 aromatic rings. The Bertz CT molecular complexity index is 280. The molecule has 0 spiro atoms. The molecule has 1 aromatic carbocycles. The van der Waals surface area contributed by atoms with Crippen LogP contribution in [0.1, 0.15) is 18.9 Å². The van der Waals surface area contributed by atoms with Gasteiger partial charge in [0.2, 0.25) is 0 Å². The van der Waals surface area contributed by atoms with Crippen LogP contribution in [0.15, 0.2) is 30.3 Å². The Labute approximate surface area is 92.5 Å². The third-order valence-corrected chi connectivity index (χ3v) is 2.59. The summed E-state index contributed by atoms with van der Waals surface area (Å²) in [7, 11) is 4.22. The lowest BCUT2D eigenvalue weighted by atomic mass is 9.93. The predicted molar refractivity (Wildman–Crippen MR) is 63.1 cm³/mol. The summed E-state index contributed by atoms with van der Waals surface area (Å²) in [6, 6.07) is 10.2. The van der Waals surface area contributed by atoms with Crippen LogP contribution in [0.2, 0.25) is 0 Å². The molecule has 0 aromatic heterocycles. The Morgan fingerprint density at radius 1 is 1.20 bits per heavy atom. The molecule has 0 unspecified atom stereocenters. The molecule has 0 saturated carbocycles. The van der Waals surface area contributed by atoms with Crippen LogP contribution < -0.4 is 4.90 Å². The van der Waals surface area contributed by atoms with Crippen molar-refractivity contribution in [2.24, 2.45) is 0 Å². The smallest absolute Gasteiger partial charge is 0.0794 e. The van der Waals surface area contributed by atoms with E-state index in [-0.39, 0.29) is 0 Å². The number of quaternary nitrogens is 1. The molecule has 0 aliphatic carbocycles. The maximum absolute atomic E-state index is 10.2. The average Bonchev–Trinajstić information content (AvgIpc) is 2.16. The van der Waals surface area contributed by atoms with Gasteiger partial charge in [0.25, 0.3) is 0 Å². The van der Waals surface area contributed by atoms with Crippen molar-refractivity contribution in [2.75, 3.05) is 20.6 Å². The van der Waals surface area contributed by atoms with Gasteiger partial charge in [0.05, 0.1) is 26.2 Å². The van der Waals surface area contributed by atoms with Gasteiger partial charge in [-0.2, -0.15) is 0 Å². The predicted octanol–water partition coefficient (Wildman–Crippen LogP) is 0.515.